The van der Waals surface area contributed by atoms with Crippen molar-refractivity contribution in [2.24, 2.45) is 0 Å². The van der Waals surface area contributed by atoms with Crippen LogP contribution in [0.15, 0.2) is 58.3 Å². The van der Waals surface area contributed by atoms with Crippen LogP contribution in [0.2, 0.25) is 0 Å². The minimum absolute atomic E-state index is 0.0483. The Kier molecular flexibility index (Phi) is 6.27. The maximum Gasteiger partial charge on any atom is 0.286 e. The number of rotatable bonds is 2. The molecule has 0 atom stereocenters. The predicted octanol–water partition coefficient (Wildman–Crippen LogP) is 5.05. The van der Waals surface area contributed by atoms with E-state index in [1.807, 2.05) is 72.2 Å². The number of nitrogens with zero attached hydrogens (tertiary/aromatic N) is 2. The largest absolute Gasteiger partial charge is 0.330 e. The van der Waals surface area contributed by atoms with Crippen molar-refractivity contribution >= 4 is 34.0 Å². The second-order valence-electron chi connectivity index (χ2n) is 6.34. The van der Waals surface area contributed by atoms with Crippen LogP contribution in [0.25, 0.3) is 0 Å². The third-order valence-corrected chi connectivity index (χ3v) is 6.13. The number of carbonyl (C=O) groups is 2. The molecule has 0 aromatic heterocycles. The fourth-order valence-electron chi connectivity index (χ4n) is 2.61. The van der Waals surface area contributed by atoms with Gasteiger partial charge in [-0.25, -0.2) is 0 Å². The molecule has 1 aliphatic heterocycles. The van der Waals surface area contributed by atoms with Gasteiger partial charge in [0, 0.05) is 36.0 Å². The topological polar surface area (TPSA) is 40.6 Å². The first-order valence-electron chi connectivity index (χ1n) is 8.58. The number of aryl methyl sites for hydroxylation is 2. The van der Waals surface area contributed by atoms with E-state index in [0.29, 0.717) is 26.2 Å². The summed E-state index contributed by atoms with van der Waals surface area (Å²) in [5.41, 5.74) is 2.36. The van der Waals surface area contributed by atoms with Gasteiger partial charge in [-0.1, -0.05) is 35.4 Å². The Morgan fingerprint density at radius 3 is 1.27 bits per heavy atom. The summed E-state index contributed by atoms with van der Waals surface area (Å²) in [6.45, 7) is 6.38. The Hall–Kier alpha value is -1.92. The molecule has 0 unspecified atom stereocenters. The Balaban J connectivity index is 1.48. The van der Waals surface area contributed by atoms with Crippen molar-refractivity contribution < 1.29 is 9.59 Å². The van der Waals surface area contributed by atoms with Crippen molar-refractivity contribution in [1.82, 2.24) is 9.80 Å². The average molecular weight is 387 g/mol. The fourth-order valence-corrected chi connectivity index (χ4v) is 4.19. The van der Waals surface area contributed by atoms with Crippen LogP contribution in [0.1, 0.15) is 11.1 Å². The van der Waals surface area contributed by atoms with Gasteiger partial charge in [-0.05, 0) is 61.6 Å². The summed E-state index contributed by atoms with van der Waals surface area (Å²) >= 11 is 2.50. The highest BCUT2D eigenvalue weighted by Gasteiger charge is 2.25. The second-order valence-corrected chi connectivity index (χ2v) is 8.39. The van der Waals surface area contributed by atoms with E-state index in [9.17, 15) is 9.59 Å². The van der Waals surface area contributed by atoms with Crippen LogP contribution in [0.3, 0.4) is 0 Å². The van der Waals surface area contributed by atoms with Crippen LogP contribution < -0.4 is 0 Å². The number of hydrogen-bond donors (Lipinski definition) is 0. The predicted molar refractivity (Wildman–Crippen MR) is 108 cm³/mol. The number of piperazine rings is 1. The third kappa shape index (κ3) is 5.05. The first-order valence-corrected chi connectivity index (χ1v) is 10.2. The van der Waals surface area contributed by atoms with Crippen molar-refractivity contribution in [3.63, 3.8) is 0 Å². The molecule has 1 aliphatic rings. The van der Waals surface area contributed by atoms with Crippen LogP contribution in [0, 0.1) is 13.8 Å². The molecule has 0 aliphatic carbocycles. The molecule has 0 spiro atoms. The maximum atomic E-state index is 12.4. The lowest BCUT2D eigenvalue weighted by atomic mass is 10.2. The Labute approximate surface area is 162 Å². The van der Waals surface area contributed by atoms with Crippen molar-refractivity contribution in [2.45, 2.75) is 23.6 Å². The molecule has 1 fully saturated rings. The summed E-state index contributed by atoms with van der Waals surface area (Å²) in [5.74, 6) is 0. The molecule has 2 amide bonds. The molecular formula is C20H22N2O2S2. The summed E-state index contributed by atoms with van der Waals surface area (Å²) in [6.07, 6.45) is 0. The second kappa shape index (κ2) is 8.64. The number of hydrogen-bond acceptors (Lipinski definition) is 4. The van der Waals surface area contributed by atoms with Crippen LogP contribution in [0.5, 0.6) is 0 Å². The minimum Gasteiger partial charge on any atom is -0.330 e. The van der Waals surface area contributed by atoms with Gasteiger partial charge in [0.15, 0.2) is 0 Å². The lowest BCUT2D eigenvalue weighted by molar-refractivity contribution is 0.168. The first kappa shape index (κ1) is 18.9. The van der Waals surface area contributed by atoms with E-state index in [1.165, 1.54) is 34.7 Å². The van der Waals surface area contributed by atoms with Gasteiger partial charge in [-0.3, -0.25) is 9.59 Å². The fraction of sp³-hybridized carbons (Fsp3) is 0.300. The average Bonchev–Trinajstić information content (AvgIpc) is 2.65. The molecule has 0 saturated carbocycles. The minimum atomic E-state index is 0.0483. The van der Waals surface area contributed by atoms with E-state index in [0.717, 1.165) is 9.79 Å². The van der Waals surface area contributed by atoms with Crippen molar-refractivity contribution in [2.75, 3.05) is 26.2 Å². The zero-order chi connectivity index (χ0) is 18.5. The van der Waals surface area contributed by atoms with E-state index in [4.69, 9.17) is 0 Å². The molecule has 3 rings (SSSR count). The summed E-state index contributed by atoms with van der Waals surface area (Å²) in [5, 5.41) is 0.0966. The standard InChI is InChI=1S/C20H22N2O2S2/c1-15-3-7-17(8-4-15)25-19(23)21-11-13-22(14-12-21)20(24)26-18-9-5-16(2)6-10-18/h3-10H,11-14H2,1-2H3. The van der Waals surface area contributed by atoms with E-state index in [2.05, 4.69) is 0 Å². The quantitative estimate of drug-likeness (QED) is 0.678. The van der Waals surface area contributed by atoms with Crippen LogP contribution in [-0.4, -0.2) is 46.5 Å². The summed E-state index contributed by atoms with van der Waals surface area (Å²) < 4.78 is 0. The molecule has 1 saturated heterocycles. The van der Waals surface area contributed by atoms with Gasteiger partial charge < -0.3 is 9.80 Å². The van der Waals surface area contributed by atoms with Gasteiger partial charge in [0.05, 0.1) is 0 Å². The highest BCUT2D eigenvalue weighted by molar-refractivity contribution is 8.13. The number of carbonyl (C=O) groups excluding carboxylic acids is 2. The molecule has 2 aromatic carbocycles. The molecule has 6 heteroatoms. The number of thioether (sulfide) groups is 2. The van der Waals surface area contributed by atoms with E-state index < -0.39 is 0 Å². The van der Waals surface area contributed by atoms with Gasteiger partial charge in [0.1, 0.15) is 0 Å². The SMILES string of the molecule is Cc1ccc(SC(=O)N2CCN(C(=O)Sc3ccc(C)cc3)CC2)cc1. The van der Waals surface area contributed by atoms with Gasteiger partial charge in [-0.15, -0.1) is 0 Å². The monoisotopic (exact) mass is 386 g/mol. The molecule has 136 valence electrons. The molecule has 2 aromatic rings. The van der Waals surface area contributed by atoms with Gasteiger partial charge in [0.25, 0.3) is 10.5 Å². The maximum absolute atomic E-state index is 12.4. The van der Waals surface area contributed by atoms with Crippen LogP contribution in [0.4, 0.5) is 9.59 Å². The summed E-state index contributed by atoms with van der Waals surface area (Å²) in [6, 6.07) is 15.9. The van der Waals surface area contributed by atoms with Crippen molar-refractivity contribution in [3.8, 4) is 0 Å². The normalized spacial score (nSPS) is 14.4. The van der Waals surface area contributed by atoms with Gasteiger partial charge in [-0.2, -0.15) is 0 Å². The molecule has 26 heavy (non-hydrogen) atoms. The highest BCUT2D eigenvalue weighted by atomic mass is 32.2. The zero-order valence-electron chi connectivity index (χ0n) is 15.0. The van der Waals surface area contributed by atoms with Crippen LogP contribution >= 0.6 is 23.5 Å². The lowest BCUT2D eigenvalue weighted by Gasteiger charge is -2.34. The molecule has 1 heterocycles. The first-order chi connectivity index (χ1) is 12.5. The number of benzene rings is 2. The van der Waals surface area contributed by atoms with Gasteiger partial charge >= 0.3 is 0 Å². The summed E-state index contributed by atoms with van der Waals surface area (Å²) in [7, 11) is 0. The van der Waals surface area contributed by atoms with E-state index in [1.54, 1.807) is 0 Å². The number of amides is 2. The van der Waals surface area contributed by atoms with Crippen molar-refractivity contribution in [3.05, 3.63) is 59.7 Å². The van der Waals surface area contributed by atoms with Crippen LogP contribution in [-0.2, 0) is 0 Å². The van der Waals surface area contributed by atoms with Gasteiger partial charge in [0.2, 0.25) is 0 Å². The van der Waals surface area contributed by atoms with Crippen molar-refractivity contribution in [1.29, 1.82) is 0 Å². The highest BCUT2D eigenvalue weighted by Crippen LogP contribution is 2.25. The molecule has 4 nitrogen and oxygen atoms in total. The lowest BCUT2D eigenvalue weighted by Crippen LogP contribution is -2.48. The molecule has 0 radical (unpaired) electrons. The third-order valence-electron chi connectivity index (χ3n) is 4.25. The van der Waals surface area contributed by atoms with E-state index in [-0.39, 0.29) is 10.5 Å². The smallest absolute Gasteiger partial charge is 0.286 e. The Bertz CT molecular complexity index is 700. The summed E-state index contributed by atoms with van der Waals surface area (Å²) in [4.78, 5) is 30.4. The Morgan fingerprint density at radius 1 is 0.654 bits per heavy atom. The molecule has 0 bridgehead atoms. The van der Waals surface area contributed by atoms with E-state index >= 15 is 0 Å². The molecular weight excluding hydrogens is 364 g/mol. The zero-order valence-corrected chi connectivity index (χ0v) is 16.6. The Morgan fingerprint density at radius 2 is 0.962 bits per heavy atom. The molecule has 0 N–H and O–H groups in total.